The number of pyridine rings is 1. The van der Waals surface area contributed by atoms with E-state index in [-0.39, 0.29) is 12.4 Å². The Morgan fingerprint density at radius 3 is 2.74 bits per heavy atom. The van der Waals surface area contributed by atoms with E-state index in [1.165, 1.54) is 6.07 Å². The molecule has 100 valence electrons. The summed E-state index contributed by atoms with van der Waals surface area (Å²) < 4.78 is 18.6. The fourth-order valence-electron chi connectivity index (χ4n) is 1.79. The molecule has 0 radical (unpaired) electrons. The lowest BCUT2D eigenvalue weighted by atomic mass is 10.1. The summed E-state index contributed by atoms with van der Waals surface area (Å²) in [7, 11) is 0. The highest BCUT2D eigenvalue weighted by Crippen LogP contribution is 2.23. The van der Waals surface area contributed by atoms with Gasteiger partial charge < -0.3 is 9.84 Å². The van der Waals surface area contributed by atoms with E-state index < -0.39 is 6.10 Å². The first-order chi connectivity index (χ1) is 9.06. The summed E-state index contributed by atoms with van der Waals surface area (Å²) >= 11 is 0. The van der Waals surface area contributed by atoms with Gasteiger partial charge in [-0.05, 0) is 43.2 Å². The summed E-state index contributed by atoms with van der Waals surface area (Å²) in [5, 5.41) is 9.49. The van der Waals surface area contributed by atoms with Gasteiger partial charge in [-0.3, -0.25) is 4.98 Å². The van der Waals surface area contributed by atoms with E-state index in [0.717, 1.165) is 17.3 Å². The van der Waals surface area contributed by atoms with Crippen molar-refractivity contribution in [3.63, 3.8) is 0 Å². The molecule has 0 aliphatic heterocycles. The summed E-state index contributed by atoms with van der Waals surface area (Å²) in [5.41, 5.74) is 2.46. The maximum atomic E-state index is 13.0. The molecule has 2 rings (SSSR count). The first kappa shape index (κ1) is 13.5. The molecule has 4 heteroatoms. The molecule has 0 unspecified atom stereocenters. The molecule has 1 atom stereocenters. The summed E-state index contributed by atoms with van der Waals surface area (Å²) in [4.78, 5) is 3.77. The SMILES string of the molecule is Cc1cc([C@H](C)O)ccc1OCc1cncc(F)c1. The van der Waals surface area contributed by atoms with Gasteiger partial charge >= 0.3 is 0 Å². The van der Waals surface area contributed by atoms with E-state index >= 15 is 0 Å². The third kappa shape index (κ3) is 3.51. The summed E-state index contributed by atoms with van der Waals surface area (Å²) in [6.45, 7) is 3.89. The Hall–Kier alpha value is -1.94. The molecule has 0 fully saturated rings. The lowest BCUT2D eigenvalue weighted by Gasteiger charge is -2.12. The molecule has 0 aliphatic rings. The van der Waals surface area contributed by atoms with Crippen molar-refractivity contribution in [1.29, 1.82) is 0 Å². The minimum Gasteiger partial charge on any atom is -0.489 e. The van der Waals surface area contributed by atoms with Gasteiger partial charge in [0.05, 0.1) is 12.3 Å². The Morgan fingerprint density at radius 1 is 1.32 bits per heavy atom. The molecule has 1 aromatic heterocycles. The van der Waals surface area contributed by atoms with Crippen molar-refractivity contribution in [1.82, 2.24) is 4.98 Å². The average molecular weight is 261 g/mol. The Bertz CT molecular complexity index is 570. The quantitative estimate of drug-likeness (QED) is 0.919. The second-order valence-corrected chi connectivity index (χ2v) is 4.50. The van der Waals surface area contributed by atoms with Gasteiger partial charge in [0.15, 0.2) is 0 Å². The predicted molar refractivity (Wildman–Crippen MR) is 70.3 cm³/mol. The van der Waals surface area contributed by atoms with E-state index in [2.05, 4.69) is 4.98 Å². The zero-order chi connectivity index (χ0) is 13.8. The minimum absolute atomic E-state index is 0.264. The fourth-order valence-corrected chi connectivity index (χ4v) is 1.79. The maximum Gasteiger partial charge on any atom is 0.141 e. The number of halogens is 1. The number of aromatic nitrogens is 1. The van der Waals surface area contributed by atoms with Gasteiger partial charge in [-0.25, -0.2) is 4.39 Å². The Kier molecular flexibility index (Phi) is 4.12. The zero-order valence-electron chi connectivity index (χ0n) is 10.9. The summed E-state index contributed by atoms with van der Waals surface area (Å²) in [6.07, 6.45) is 2.23. The van der Waals surface area contributed by atoms with Crippen molar-refractivity contribution in [3.05, 3.63) is 59.2 Å². The molecule has 0 spiro atoms. The lowest BCUT2D eigenvalue weighted by Crippen LogP contribution is -1.99. The van der Waals surface area contributed by atoms with Crippen LogP contribution in [0.4, 0.5) is 4.39 Å². The number of aliphatic hydroxyl groups is 1. The third-order valence-electron chi connectivity index (χ3n) is 2.84. The van der Waals surface area contributed by atoms with Crippen molar-refractivity contribution in [3.8, 4) is 5.75 Å². The molecule has 2 aromatic rings. The smallest absolute Gasteiger partial charge is 0.141 e. The number of aryl methyl sites for hydroxylation is 1. The van der Waals surface area contributed by atoms with Crippen molar-refractivity contribution in [2.45, 2.75) is 26.6 Å². The molecule has 0 saturated heterocycles. The van der Waals surface area contributed by atoms with E-state index in [4.69, 9.17) is 4.74 Å². The average Bonchev–Trinajstić information content (AvgIpc) is 2.37. The highest BCUT2D eigenvalue weighted by molar-refractivity contribution is 5.37. The largest absolute Gasteiger partial charge is 0.489 e. The molecule has 1 N–H and O–H groups in total. The Morgan fingerprint density at radius 2 is 2.11 bits per heavy atom. The van der Waals surface area contributed by atoms with Crippen LogP contribution in [0.25, 0.3) is 0 Å². The van der Waals surface area contributed by atoms with Gasteiger partial charge in [0.1, 0.15) is 18.2 Å². The maximum absolute atomic E-state index is 13.0. The topological polar surface area (TPSA) is 42.4 Å². The second-order valence-electron chi connectivity index (χ2n) is 4.50. The van der Waals surface area contributed by atoms with Gasteiger partial charge in [0.25, 0.3) is 0 Å². The molecular weight excluding hydrogens is 245 g/mol. The Balaban J connectivity index is 2.07. The number of aliphatic hydroxyl groups excluding tert-OH is 1. The van der Waals surface area contributed by atoms with Gasteiger partial charge in [-0.15, -0.1) is 0 Å². The number of rotatable bonds is 4. The lowest BCUT2D eigenvalue weighted by molar-refractivity contribution is 0.199. The highest BCUT2D eigenvalue weighted by atomic mass is 19.1. The van der Waals surface area contributed by atoms with Crippen molar-refractivity contribution in [2.75, 3.05) is 0 Å². The number of hydrogen-bond acceptors (Lipinski definition) is 3. The standard InChI is InChI=1S/C15H16FNO2/c1-10-5-13(11(2)18)3-4-15(10)19-9-12-6-14(16)8-17-7-12/h3-8,11,18H,9H2,1-2H3/t11-/m0/s1. The number of ether oxygens (including phenoxy) is 1. The van der Waals surface area contributed by atoms with Crippen LogP contribution in [-0.2, 0) is 6.61 Å². The van der Waals surface area contributed by atoms with Crippen LogP contribution >= 0.6 is 0 Å². The van der Waals surface area contributed by atoms with Crippen molar-refractivity contribution < 1.29 is 14.2 Å². The molecule has 1 aromatic carbocycles. The van der Waals surface area contributed by atoms with Gasteiger partial charge in [-0.1, -0.05) is 6.07 Å². The van der Waals surface area contributed by atoms with Crippen LogP contribution in [0.2, 0.25) is 0 Å². The normalized spacial score (nSPS) is 12.2. The molecule has 0 aliphatic carbocycles. The molecule has 19 heavy (non-hydrogen) atoms. The predicted octanol–water partition coefficient (Wildman–Crippen LogP) is 3.16. The van der Waals surface area contributed by atoms with E-state index in [1.54, 1.807) is 13.1 Å². The first-order valence-corrected chi connectivity index (χ1v) is 6.07. The molecule has 1 heterocycles. The van der Waals surface area contributed by atoms with Crippen molar-refractivity contribution in [2.24, 2.45) is 0 Å². The number of benzene rings is 1. The van der Waals surface area contributed by atoms with Crippen LogP contribution in [-0.4, -0.2) is 10.1 Å². The van der Waals surface area contributed by atoms with Crippen LogP contribution in [0.3, 0.4) is 0 Å². The van der Waals surface area contributed by atoms with E-state index in [9.17, 15) is 9.50 Å². The van der Waals surface area contributed by atoms with Crippen LogP contribution < -0.4 is 4.74 Å². The zero-order valence-corrected chi connectivity index (χ0v) is 10.9. The van der Waals surface area contributed by atoms with Crippen LogP contribution in [0.1, 0.15) is 29.7 Å². The summed E-state index contributed by atoms with van der Waals surface area (Å²) in [6, 6.07) is 6.90. The van der Waals surface area contributed by atoms with E-state index in [0.29, 0.717) is 11.3 Å². The van der Waals surface area contributed by atoms with Crippen LogP contribution in [0.15, 0.2) is 36.7 Å². The second kappa shape index (κ2) is 5.80. The number of nitrogens with zero attached hydrogens (tertiary/aromatic N) is 1. The number of hydrogen-bond donors (Lipinski definition) is 1. The molecule has 0 bridgehead atoms. The van der Waals surface area contributed by atoms with Crippen molar-refractivity contribution >= 4 is 0 Å². The van der Waals surface area contributed by atoms with Crippen LogP contribution in [0, 0.1) is 12.7 Å². The monoisotopic (exact) mass is 261 g/mol. The molecule has 3 nitrogen and oxygen atoms in total. The third-order valence-corrected chi connectivity index (χ3v) is 2.84. The molecular formula is C15H16FNO2. The molecule has 0 amide bonds. The van der Waals surface area contributed by atoms with E-state index in [1.807, 2.05) is 25.1 Å². The van der Waals surface area contributed by atoms with Gasteiger partial charge in [0, 0.05) is 11.8 Å². The van der Waals surface area contributed by atoms with Crippen LogP contribution in [0.5, 0.6) is 5.75 Å². The van der Waals surface area contributed by atoms with Gasteiger partial charge in [-0.2, -0.15) is 0 Å². The first-order valence-electron chi connectivity index (χ1n) is 6.07. The summed E-state index contributed by atoms with van der Waals surface area (Å²) in [5.74, 6) is 0.343. The van der Waals surface area contributed by atoms with Gasteiger partial charge in [0.2, 0.25) is 0 Å². The Labute approximate surface area is 111 Å². The highest BCUT2D eigenvalue weighted by Gasteiger charge is 2.05. The molecule has 0 saturated carbocycles. The minimum atomic E-state index is -0.500. The fraction of sp³-hybridized carbons (Fsp3) is 0.267.